The Labute approximate surface area is 119 Å². The largest absolute Gasteiger partial charge is 0.349 e. The molecule has 0 saturated heterocycles. The molecule has 104 valence electrons. The molecule has 0 aromatic heterocycles. The first-order chi connectivity index (χ1) is 9.20. The first-order valence-corrected chi connectivity index (χ1v) is 7.28. The lowest BCUT2D eigenvalue weighted by Crippen LogP contribution is -2.30. The molecule has 2 rings (SSSR count). The zero-order valence-corrected chi connectivity index (χ0v) is 12.0. The highest BCUT2D eigenvalue weighted by Gasteiger charge is 2.33. The molecule has 1 amide bonds. The SMILES string of the molecule is CNCCCC(=O)NC(c1ccc(Cl)cc1)C1CC1. The molecule has 19 heavy (non-hydrogen) atoms. The van der Waals surface area contributed by atoms with Gasteiger partial charge in [0.25, 0.3) is 0 Å². The van der Waals surface area contributed by atoms with Crippen LogP contribution in [0, 0.1) is 5.92 Å². The van der Waals surface area contributed by atoms with E-state index in [1.807, 2.05) is 31.3 Å². The first-order valence-electron chi connectivity index (χ1n) is 6.90. The number of amides is 1. The predicted molar refractivity (Wildman–Crippen MR) is 78.2 cm³/mol. The summed E-state index contributed by atoms with van der Waals surface area (Å²) < 4.78 is 0. The monoisotopic (exact) mass is 280 g/mol. The van der Waals surface area contributed by atoms with Gasteiger partial charge >= 0.3 is 0 Å². The average Bonchev–Trinajstić information content (AvgIpc) is 3.22. The molecule has 1 saturated carbocycles. The Morgan fingerprint density at radius 2 is 2.05 bits per heavy atom. The van der Waals surface area contributed by atoms with E-state index in [0.717, 1.165) is 23.6 Å². The van der Waals surface area contributed by atoms with Crippen molar-refractivity contribution in [2.45, 2.75) is 31.7 Å². The summed E-state index contributed by atoms with van der Waals surface area (Å²) in [6.45, 7) is 0.877. The van der Waals surface area contributed by atoms with Crippen LogP contribution in [-0.4, -0.2) is 19.5 Å². The van der Waals surface area contributed by atoms with Crippen LogP contribution in [0.25, 0.3) is 0 Å². The second-order valence-electron chi connectivity index (χ2n) is 5.14. The molecule has 1 aliphatic rings. The molecule has 0 aliphatic heterocycles. The zero-order chi connectivity index (χ0) is 13.7. The van der Waals surface area contributed by atoms with E-state index in [0.29, 0.717) is 12.3 Å². The van der Waals surface area contributed by atoms with E-state index in [-0.39, 0.29) is 11.9 Å². The maximum Gasteiger partial charge on any atom is 0.220 e. The summed E-state index contributed by atoms with van der Waals surface area (Å²) in [4.78, 5) is 11.9. The summed E-state index contributed by atoms with van der Waals surface area (Å²) in [6.07, 6.45) is 3.85. The maximum atomic E-state index is 11.9. The lowest BCUT2D eigenvalue weighted by Gasteiger charge is -2.19. The van der Waals surface area contributed by atoms with Crippen LogP contribution in [0.1, 0.15) is 37.3 Å². The molecule has 1 unspecified atom stereocenters. The van der Waals surface area contributed by atoms with E-state index in [2.05, 4.69) is 10.6 Å². The van der Waals surface area contributed by atoms with Crippen LogP contribution in [-0.2, 0) is 4.79 Å². The second-order valence-corrected chi connectivity index (χ2v) is 5.58. The smallest absolute Gasteiger partial charge is 0.220 e. The van der Waals surface area contributed by atoms with E-state index < -0.39 is 0 Å². The van der Waals surface area contributed by atoms with Crippen molar-refractivity contribution in [1.29, 1.82) is 0 Å². The minimum absolute atomic E-state index is 0.141. The van der Waals surface area contributed by atoms with Crippen LogP contribution in [0.5, 0.6) is 0 Å². The molecule has 0 bridgehead atoms. The number of rotatable bonds is 7. The molecular weight excluding hydrogens is 260 g/mol. The van der Waals surface area contributed by atoms with Gasteiger partial charge in [-0.3, -0.25) is 4.79 Å². The topological polar surface area (TPSA) is 41.1 Å². The fourth-order valence-corrected chi connectivity index (χ4v) is 2.37. The van der Waals surface area contributed by atoms with Crippen molar-refractivity contribution in [2.24, 2.45) is 5.92 Å². The number of hydrogen-bond donors (Lipinski definition) is 2. The molecule has 2 N–H and O–H groups in total. The van der Waals surface area contributed by atoms with Crippen LogP contribution in [0.2, 0.25) is 5.02 Å². The van der Waals surface area contributed by atoms with Crippen molar-refractivity contribution in [3.8, 4) is 0 Å². The van der Waals surface area contributed by atoms with Crippen LogP contribution in [0.4, 0.5) is 0 Å². The van der Waals surface area contributed by atoms with Gasteiger partial charge in [-0.25, -0.2) is 0 Å². The molecule has 0 heterocycles. The van der Waals surface area contributed by atoms with Gasteiger partial charge in [0.2, 0.25) is 5.91 Å². The fourth-order valence-electron chi connectivity index (χ4n) is 2.24. The average molecular weight is 281 g/mol. The third-order valence-corrected chi connectivity index (χ3v) is 3.72. The van der Waals surface area contributed by atoms with Crippen LogP contribution < -0.4 is 10.6 Å². The molecule has 3 nitrogen and oxygen atoms in total. The molecular formula is C15H21ClN2O. The Morgan fingerprint density at radius 3 is 2.63 bits per heavy atom. The van der Waals surface area contributed by atoms with E-state index >= 15 is 0 Å². The maximum absolute atomic E-state index is 11.9. The Balaban J connectivity index is 1.93. The summed E-state index contributed by atoms with van der Waals surface area (Å²) >= 11 is 5.91. The minimum Gasteiger partial charge on any atom is -0.349 e. The third-order valence-electron chi connectivity index (χ3n) is 3.47. The molecule has 1 aliphatic carbocycles. The highest BCUT2D eigenvalue weighted by atomic mass is 35.5. The first kappa shape index (κ1) is 14.4. The lowest BCUT2D eigenvalue weighted by atomic mass is 10.0. The summed E-state index contributed by atoms with van der Waals surface area (Å²) in [5, 5.41) is 6.95. The molecule has 1 aromatic carbocycles. The van der Waals surface area contributed by atoms with Crippen molar-refractivity contribution in [3.05, 3.63) is 34.9 Å². The summed E-state index contributed by atoms with van der Waals surface area (Å²) in [5.41, 5.74) is 1.16. The number of nitrogens with one attached hydrogen (secondary N) is 2. The Morgan fingerprint density at radius 1 is 1.37 bits per heavy atom. The zero-order valence-electron chi connectivity index (χ0n) is 11.3. The van der Waals surface area contributed by atoms with Gasteiger partial charge in [0.15, 0.2) is 0 Å². The van der Waals surface area contributed by atoms with E-state index in [9.17, 15) is 4.79 Å². The lowest BCUT2D eigenvalue weighted by molar-refractivity contribution is -0.122. The summed E-state index contributed by atoms with van der Waals surface area (Å²) in [5.74, 6) is 0.733. The number of hydrogen-bond acceptors (Lipinski definition) is 2. The van der Waals surface area contributed by atoms with Crippen molar-refractivity contribution in [3.63, 3.8) is 0 Å². The Hall–Kier alpha value is -1.06. The van der Waals surface area contributed by atoms with E-state index in [4.69, 9.17) is 11.6 Å². The van der Waals surface area contributed by atoms with Gasteiger partial charge in [-0.15, -0.1) is 0 Å². The highest BCUT2D eigenvalue weighted by molar-refractivity contribution is 6.30. The number of benzene rings is 1. The Bertz CT molecular complexity index is 415. The summed E-state index contributed by atoms with van der Waals surface area (Å²) in [6, 6.07) is 7.96. The molecule has 0 radical (unpaired) electrons. The minimum atomic E-state index is 0.141. The standard InChI is InChI=1S/C15H21ClN2O/c1-17-10-2-3-14(19)18-15(11-4-5-11)12-6-8-13(16)9-7-12/h6-9,11,15,17H,2-5,10H2,1H3,(H,18,19). The van der Waals surface area contributed by atoms with E-state index in [1.54, 1.807) is 0 Å². The van der Waals surface area contributed by atoms with Crippen molar-refractivity contribution >= 4 is 17.5 Å². The Kier molecular flexibility index (Phi) is 5.23. The van der Waals surface area contributed by atoms with Crippen LogP contribution >= 0.6 is 11.6 Å². The molecule has 0 spiro atoms. The fraction of sp³-hybridized carbons (Fsp3) is 0.533. The van der Waals surface area contributed by atoms with Gasteiger partial charge in [0.1, 0.15) is 0 Å². The molecule has 1 atom stereocenters. The van der Waals surface area contributed by atoms with Gasteiger partial charge < -0.3 is 10.6 Å². The van der Waals surface area contributed by atoms with Crippen LogP contribution in [0.3, 0.4) is 0 Å². The van der Waals surface area contributed by atoms with Crippen LogP contribution in [0.15, 0.2) is 24.3 Å². The van der Waals surface area contributed by atoms with Crippen molar-refractivity contribution in [2.75, 3.05) is 13.6 Å². The number of halogens is 1. The third kappa shape index (κ3) is 4.51. The quantitative estimate of drug-likeness (QED) is 0.754. The molecule has 4 heteroatoms. The summed E-state index contributed by atoms with van der Waals surface area (Å²) in [7, 11) is 1.90. The number of carbonyl (C=O) groups excluding carboxylic acids is 1. The second kappa shape index (κ2) is 6.92. The van der Waals surface area contributed by atoms with Gasteiger partial charge in [0, 0.05) is 11.4 Å². The molecule has 1 fully saturated rings. The van der Waals surface area contributed by atoms with Crippen molar-refractivity contribution in [1.82, 2.24) is 10.6 Å². The predicted octanol–water partition coefficient (Wildman–Crippen LogP) is 2.91. The van der Waals surface area contributed by atoms with Gasteiger partial charge in [-0.1, -0.05) is 23.7 Å². The van der Waals surface area contributed by atoms with E-state index in [1.165, 1.54) is 12.8 Å². The van der Waals surface area contributed by atoms with Gasteiger partial charge in [-0.2, -0.15) is 0 Å². The highest BCUT2D eigenvalue weighted by Crippen LogP contribution is 2.41. The van der Waals surface area contributed by atoms with Crippen molar-refractivity contribution < 1.29 is 4.79 Å². The van der Waals surface area contributed by atoms with Gasteiger partial charge in [-0.05, 0) is 56.5 Å². The van der Waals surface area contributed by atoms with Gasteiger partial charge in [0.05, 0.1) is 6.04 Å². The number of carbonyl (C=O) groups is 1. The normalized spacial score (nSPS) is 16.1. The molecule has 1 aromatic rings.